The Labute approximate surface area is 127 Å². The number of sulfonamides is 1. The molecule has 1 fully saturated rings. The topological polar surface area (TPSA) is 62.3 Å². The van der Waals surface area contributed by atoms with E-state index in [1.807, 2.05) is 4.90 Å². The fraction of sp³-hybridized carbons (Fsp3) is 0.615. The van der Waals surface area contributed by atoms with E-state index in [1.54, 1.807) is 0 Å². The number of anilines is 1. The molecule has 1 aliphatic rings. The maximum absolute atomic E-state index is 12.5. The first kappa shape index (κ1) is 17.0. The smallest absolute Gasteiger partial charge is 0.356 e. The molecule has 5 nitrogen and oxygen atoms in total. The van der Waals surface area contributed by atoms with Gasteiger partial charge in [-0.15, -0.1) is 0 Å². The van der Waals surface area contributed by atoms with Crippen molar-refractivity contribution in [2.24, 2.45) is 5.92 Å². The molecular weight excluding hydrogens is 319 g/mol. The molecule has 0 unspecified atom stereocenters. The lowest BCUT2D eigenvalue weighted by Gasteiger charge is -2.33. The van der Waals surface area contributed by atoms with Gasteiger partial charge in [0.2, 0.25) is 10.0 Å². The van der Waals surface area contributed by atoms with E-state index in [9.17, 15) is 21.6 Å². The molecule has 1 aliphatic heterocycles. The molecule has 1 saturated heterocycles. The Morgan fingerprint density at radius 1 is 1.41 bits per heavy atom. The first-order valence-corrected chi connectivity index (χ1v) is 8.77. The van der Waals surface area contributed by atoms with E-state index in [-0.39, 0.29) is 5.92 Å². The lowest BCUT2D eigenvalue weighted by atomic mass is 9.98. The first-order chi connectivity index (χ1) is 10.1. The van der Waals surface area contributed by atoms with Crippen LogP contribution in [0.5, 0.6) is 0 Å². The number of nitrogens with one attached hydrogen (secondary N) is 1. The summed E-state index contributed by atoms with van der Waals surface area (Å²) in [5, 5.41) is 0. The Morgan fingerprint density at radius 3 is 2.68 bits per heavy atom. The van der Waals surface area contributed by atoms with Gasteiger partial charge in [0.25, 0.3) is 0 Å². The van der Waals surface area contributed by atoms with Crippen molar-refractivity contribution >= 4 is 15.8 Å². The van der Waals surface area contributed by atoms with Crippen molar-refractivity contribution in [1.82, 2.24) is 9.71 Å². The van der Waals surface area contributed by atoms with Gasteiger partial charge in [-0.1, -0.05) is 0 Å². The van der Waals surface area contributed by atoms with Crippen molar-refractivity contribution in [2.75, 3.05) is 30.8 Å². The number of pyridine rings is 1. The van der Waals surface area contributed by atoms with Crippen LogP contribution in [0.15, 0.2) is 18.3 Å². The Kier molecular flexibility index (Phi) is 4.96. The molecule has 0 spiro atoms. The van der Waals surface area contributed by atoms with Gasteiger partial charge in [0.15, 0.2) is 0 Å². The van der Waals surface area contributed by atoms with E-state index in [0.717, 1.165) is 31.4 Å². The van der Waals surface area contributed by atoms with Crippen LogP contribution >= 0.6 is 0 Å². The van der Waals surface area contributed by atoms with Gasteiger partial charge in [0.1, 0.15) is 5.82 Å². The molecule has 0 bridgehead atoms. The van der Waals surface area contributed by atoms with Gasteiger partial charge in [0, 0.05) is 25.8 Å². The molecule has 1 atom stereocenters. The van der Waals surface area contributed by atoms with Gasteiger partial charge in [-0.05, 0) is 30.9 Å². The van der Waals surface area contributed by atoms with Gasteiger partial charge in [-0.2, -0.15) is 13.2 Å². The van der Waals surface area contributed by atoms with Crippen molar-refractivity contribution < 1.29 is 21.6 Å². The maximum atomic E-state index is 12.5. The number of alkyl halides is 3. The third-order valence-corrected chi connectivity index (χ3v) is 4.24. The van der Waals surface area contributed by atoms with Gasteiger partial charge in [-0.25, -0.2) is 18.1 Å². The molecule has 1 N–H and O–H groups in total. The molecule has 124 valence electrons. The highest BCUT2D eigenvalue weighted by atomic mass is 32.2. The fourth-order valence-corrected chi connectivity index (χ4v) is 2.99. The summed E-state index contributed by atoms with van der Waals surface area (Å²) in [4.78, 5) is 5.77. The monoisotopic (exact) mass is 337 g/mol. The lowest BCUT2D eigenvalue weighted by molar-refractivity contribution is -0.137. The van der Waals surface area contributed by atoms with E-state index in [2.05, 4.69) is 9.71 Å². The number of hydrogen-bond donors (Lipinski definition) is 1. The molecular formula is C13H18F3N3O2S. The van der Waals surface area contributed by atoms with E-state index in [4.69, 9.17) is 0 Å². The van der Waals surface area contributed by atoms with Crippen molar-refractivity contribution in [3.63, 3.8) is 0 Å². The Balaban J connectivity index is 2.00. The van der Waals surface area contributed by atoms with Gasteiger partial charge >= 0.3 is 6.18 Å². The zero-order valence-corrected chi connectivity index (χ0v) is 12.9. The molecule has 9 heteroatoms. The summed E-state index contributed by atoms with van der Waals surface area (Å²) in [5.41, 5.74) is -0.774. The maximum Gasteiger partial charge on any atom is 0.417 e. The summed E-state index contributed by atoms with van der Waals surface area (Å²) in [6.07, 6.45) is -0.744. The van der Waals surface area contributed by atoms with Crippen LogP contribution in [0.3, 0.4) is 0 Å². The minimum atomic E-state index is -4.39. The Hall–Kier alpha value is -1.35. The number of piperidine rings is 1. The Morgan fingerprint density at radius 2 is 2.14 bits per heavy atom. The number of halogens is 3. The van der Waals surface area contributed by atoms with Gasteiger partial charge < -0.3 is 4.90 Å². The van der Waals surface area contributed by atoms with Crippen molar-refractivity contribution in [2.45, 2.75) is 19.0 Å². The molecule has 0 amide bonds. The average Bonchev–Trinajstić information content (AvgIpc) is 2.44. The van der Waals surface area contributed by atoms with Gasteiger partial charge in [-0.3, -0.25) is 0 Å². The van der Waals surface area contributed by atoms with Crippen LogP contribution in [0.25, 0.3) is 0 Å². The van der Waals surface area contributed by atoms with Crippen molar-refractivity contribution in [3.05, 3.63) is 23.9 Å². The highest BCUT2D eigenvalue weighted by Crippen LogP contribution is 2.30. The quantitative estimate of drug-likeness (QED) is 0.911. The van der Waals surface area contributed by atoms with Crippen molar-refractivity contribution in [1.29, 1.82) is 0 Å². The van der Waals surface area contributed by atoms with Crippen LogP contribution in [-0.2, 0) is 16.2 Å². The largest absolute Gasteiger partial charge is 0.417 e. The summed E-state index contributed by atoms with van der Waals surface area (Å²) in [6.45, 7) is 1.60. The molecule has 0 aromatic carbocycles. The molecule has 2 heterocycles. The van der Waals surface area contributed by atoms with Crippen LogP contribution in [0.4, 0.5) is 19.0 Å². The van der Waals surface area contributed by atoms with Gasteiger partial charge in [0.05, 0.1) is 11.8 Å². The second-order valence-corrected chi connectivity index (χ2v) is 7.31. The average molecular weight is 337 g/mol. The first-order valence-electron chi connectivity index (χ1n) is 6.88. The summed E-state index contributed by atoms with van der Waals surface area (Å²) < 4.78 is 62.2. The van der Waals surface area contributed by atoms with Crippen LogP contribution in [0, 0.1) is 5.92 Å². The van der Waals surface area contributed by atoms with Crippen molar-refractivity contribution in [3.8, 4) is 0 Å². The Bertz CT molecular complexity index is 602. The predicted octanol–water partition coefficient (Wildman–Crippen LogP) is 1.87. The number of hydrogen-bond acceptors (Lipinski definition) is 4. The third-order valence-electron chi connectivity index (χ3n) is 3.55. The van der Waals surface area contributed by atoms with Crippen LogP contribution < -0.4 is 9.62 Å². The molecule has 22 heavy (non-hydrogen) atoms. The van der Waals surface area contributed by atoms with Crippen LogP contribution in [0.1, 0.15) is 18.4 Å². The second-order valence-electron chi connectivity index (χ2n) is 5.48. The number of rotatable bonds is 4. The molecule has 1 aromatic rings. The zero-order chi connectivity index (χ0) is 16.4. The van der Waals surface area contributed by atoms with Crippen LogP contribution in [-0.4, -0.2) is 39.3 Å². The molecule has 1 aromatic heterocycles. The van der Waals surface area contributed by atoms with E-state index in [1.165, 1.54) is 6.07 Å². The summed E-state index contributed by atoms with van der Waals surface area (Å²) in [6, 6.07) is 2.37. The molecule has 0 aliphatic carbocycles. The molecule has 0 saturated carbocycles. The normalized spacial score (nSPS) is 20.2. The van der Waals surface area contributed by atoms with E-state index in [0.29, 0.717) is 25.5 Å². The minimum Gasteiger partial charge on any atom is -0.356 e. The zero-order valence-electron chi connectivity index (χ0n) is 12.1. The summed E-state index contributed by atoms with van der Waals surface area (Å²) >= 11 is 0. The highest BCUT2D eigenvalue weighted by molar-refractivity contribution is 7.88. The minimum absolute atomic E-state index is 0.118. The predicted molar refractivity (Wildman–Crippen MR) is 77.0 cm³/mol. The van der Waals surface area contributed by atoms with Crippen LogP contribution in [0.2, 0.25) is 0 Å². The highest BCUT2D eigenvalue weighted by Gasteiger charge is 2.31. The number of aromatic nitrogens is 1. The number of nitrogens with zero attached hydrogens (tertiary/aromatic N) is 2. The lowest BCUT2D eigenvalue weighted by Crippen LogP contribution is -2.41. The second kappa shape index (κ2) is 6.41. The van der Waals surface area contributed by atoms with E-state index < -0.39 is 21.8 Å². The summed E-state index contributed by atoms with van der Waals surface area (Å²) in [5.74, 6) is 0.602. The fourth-order valence-electron chi connectivity index (χ4n) is 2.45. The standard InChI is InChI=1S/C13H18F3N3O2S/c1-22(20,21)18-7-10-3-2-6-19(9-10)12-5-4-11(8-17-12)13(14,15)16/h4-5,8,10,18H,2-3,6-7,9H2,1H3/t10-/m1/s1. The third kappa shape index (κ3) is 4.84. The SMILES string of the molecule is CS(=O)(=O)NC[C@H]1CCCN(c2ccc(C(F)(F)F)cn2)C1. The molecule has 2 rings (SSSR count). The van der Waals surface area contributed by atoms with E-state index >= 15 is 0 Å². The molecule has 0 radical (unpaired) electrons. The summed E-state index contributed by atoms with van der Waals surface area (Å²) in [7, 11) is -3.24.